The van der Waals surface area contributed by atoms with E-state index in [1.165, 1.54) is 0 Å². The number of anilines is 2. The monoisotopic (exact) mass is 591 g/mol. The second-order valence-electron chi connectivity index (χ2n) is 16.7. The van der Waals surface area contributed by atoms with Crippen LogP contribution in [0.5, 0.6) is 5.75 Å². The van der Waals surface area contributed by atoms with E-state index in [1.807, 2.05) is 36.4 Å². The van der Waals surface area contributed by atoms with Crippen molar-refractivity contribution in [1.82, 2.24) is 0 Å². The number of carbonyl (C=O) groups is 1. The van der Waals surface area contributed by atoms with Gasteiger partial charge >= 0.3 is 0 Å². The highest BCUT2D eigenvalue weighted by molar-refractivity contribution is 5.98. The molecule has 2 heterocycles. The molecule has 1 amide bonds. The molecule has 6 nitrogen and oxygen atoms in total. The largest absolute Gasteiger partial charge is 0.473 e. The van der Waals surface area contributed by atoms with Gasteiger partial charge in [-0.05, 0) is 77.7 Å². The number of hydrogen-bond acceptors (Lipinski definition) is 5. The molecule has 4 rings (SSSR count). The van der Waals surface area contributed by atoms with Crippen molar-refractivity contribution in [1.29, 1.82) is 0 Å². The summed E-state index contributed by atoms with van der Waals surface area (Å²) in [6, 6.07) is 16.0. The van der Waals surface area contributed by atoms with Crippen LogP contribution in [0.2, 0.25) is 0 Å². The van der Waals surface area contributed by atoms with E-state index in [0.29, 0.717) is 37.7 Å². The summed E-state index contributed by atoms with van der Waals surface area (Å²) in [6.07, 6.45) is 1.22. The van der Waals surface area contributed by atoms with Crippen molar-refractivity contribution in [3.05, 3.63) is 54.1 Å². The third kappa shape index (κ3) is 6.47. The van der Waals surface area contributed by atoms with E-state index in [1.54, 1.807) is 4.90 Å². The number of benzene rings is 2. The third-order valence-electron chi connectivity index (χ3n) is 11.3. The minimum absolute atomic E-state index is 0.0298. The molecule has 1 saturated heterocycles. The molecule has 5 atom stereocenters. The van der Waals surface area contributed by atoms with E-state index in [-0.39, 0.29) is 28.1 Å². The highest BCUT2D eigenvalue weighted by Crippen LogP contribution is 2.57. The Kier molecular flexibility index (Phi) is 8.85. The van der Waals surface area contributed by atoms with Gasteiger partial charge < -0.3 is 20.5 Å². The second kappa shape index (κ2) is 11.4. The molecule has 0 spiro atoms. The van der Waals surface area contributed by atoms with E-state index in [9.17, 15) is 9.90 Å². The summed E-state index contributed by atoms with van der Waals surface area (Å²) < 4.78 is 6.06. The molecule has 3 N–H and O–H groups in total. The van der Waals surface area contributed by atoms with Gasteiger partial charge in [0.25, 0.3) is 0 Å². The maximum atomic E-state index is 14.4. The zero-order valence-corrected chi connectivity index (χ0v) is 28.6. The van der Waals surface area contributed by atoms with Crippen molar-refractivity contribution < 1.29 is 14.6 Å². The Labute approximate surface area is 261 Å². The minimum Gasteiger partial charge on any atom is -0.473 e. The Balaban J connectivity index is 1.62. The molecular weight excluding hydrogens is 534 g/mol. The number of aliphatic hydroxyl groups excluding tert-OH is 1. The van der Waals surface area contributed by atoms with Gasteiger partial charge in [0.1, 0.15) is 12.0 Å². The lowest BCUT2D eigenvalue weighted by atomic mass is 9.51. The number of rotatable bonds is 8. The van der Waals surface area contributed by atoms with Crippen LogP contribution in [0.4, 0.5) is 11.4 Å². The summed E-state index contributed by atoms with van der Waals surface area (Å²) in [5, 5.41) is 11.5. The number of carbonyl (C=O) groups excluding carboxylic acids is 1. The summed E-state index contributed by atoms with van der Waals surface area (Å²) in [4.78, 5) is 18.2. The second-order valence-corrected chi connectivity index (χ2v) is 16.7. The number of hydrogen-bond donors (Lipinski definition) is 2. The maximum absolute atomic E-state index is 14.4. The fourth-order valence-electron chi connectivity index (χ4n) is 7.39. The van der Waals surface area contributed by atoms with Gasteiger partial charge in [-0.1, -0.05) is 87.4 Å². The van der Waals surface area contributed by atoms with Crippen molar-refractivity contribution in [3.63, 3.8) is 0 Å². The average molecular weight is 592 g/mol. The molecule has 0 aliphatic carbocycles. The topological polar surface area (TPSA) is 79.0 Å². The van der Waals surface area contributed by atoms with Gasteiger partial charge in [0.15, 0.2) is 6.73 Å². The van der Waals surface area contributed by atoms with E-state index in [4.69, 9.17) is 10.5 Å². The van der Waals surface area contributed by atoms with Gasteiger partial charge in [0.05, 0.1) is 0 Å². The van der Waals surface area contributed by atoms with Crippen molar-refractivity contribution in [2.75, 3.05) is 16.5 Å². The van der Waals surface area contributed by atoms with E-state index in [0.717, 1.165) is 23.4 Å². The van der Waals surface area contributed by atoms with Crippen molar-refractivity contribution in [2.45, 2.75) is 114 Å². The third-order valence-corrected chi connectivity index (χ3v) is 11.3. The highest BCUT2D eigenvalue weighted by atomic mass is 16.5. The predicted molar refractivity (Wildman–Crippen MR) is 178 cm³/mol. The lowest BCUT2D eigenvalue weighted by Crippen LogP contribution is -2.59. The van der Waals surface area contributed by atoms with Crippen LogP contribution in [-0.2, 0) is 11.3 Å². The number of aliphatic hydroxyl groups is 1. The molecule has 0 aromatic heterocycles. The lowest BCUT2D eigenvalue weighted by molar-refractivity contribution is -0.129. The summed E-state index contributed by atoms with van der Waals surface area (Å²) in [7, 11) is 0. The van der Waals surface area contributed by atoms with Gasteiger partial charge in [0.2, 0.25) is 5.91 Å². The molecule has 1 fully saturated rings. The molecule has 2 aromatic carbocycles. The number of nitrogens with two attached hydrogens (primary N) is 1. The number of nitrogens with zero attached hydrogens (tertiary/aromatic N) is 2. The summed E-state index contributed by atoms with van der Waals surface area (Å²) in [5.74, 6) is 0.810. The molecule has 6 heteroatoms. The van der Waals surface area contributed by atoms with Gasteiger partial charge in [0, 0.05) is 41.4 Å². The van der Waals surface area contributed by atoms with Crippen LogP contribution in [0.15, 0.2) is 48.5 Å². The molecule has 43 heavy (non-hydrogen) atoms. The van der Waals surface area contributed by atoms with Gasteiger partial charge in [-0.3, -0.25) is 9.69 Å². The Bertz CT molecular complexity index is 1290. The van der Waals surface area contributed by atoms with E-state index >= 15 is 0 Å². The summed E-state index contributed by atoms with van der Waals surface area (Å²) >= 11 is 0. The SMILES string of the molecule is CC(CC(C)(C)C)C(C)(C)C(C)(N)CC(C)(C1CC(O)N(c2ccc3c(c2)CN(c2ccccc2)CO3)C1=O)C(C)(C)C. The normalized spacial score (nSPS) is 23.3. The average Bonchev–Trinajstić information content (AvgIpc) is 3.20. The van der Waals surface area contributed by atoms with Crippen LogP contribution < -0.4 is 20.3 Å². The zero-order chi connectivity index (χ0) is 32.2. The van der Waals surface area contributed by atoms with Crippen molar-refractivity contribution in [3.8, 4) is 5.75 Å². The Morgan fingerprint density at radius 2 is 1.58 bits per heavy atom. The number of amides is 1. The van der Waals surface area contributed by atoms with Crippen LogP contribution in [0, 0.1) is 33.5 Å². The fourth-order valence-corrected chi connectivity index (χ4v) is 7.39. The van der Waals surface area contributed by atoms with E-state index in [2.05, 4.69) is 93.2 Å². The lowest BCUT2D eigenvalue weighted by Gasteiger charge is -2.55. The van der Waals surface area contributed by atoms with E-state index < -0.39 is 17.2 Å². The first-order valence-corrected chi connectivity index (χ1v) is 16.0. The van der Waals surface area contributed by atoms with Gasteiger partial charge in [-0.15, -0.1) is 0 Å². The zero-order valence-electron chi connectivity index (χ0n) is 28.6. The molecular formula is C37H57N3O3. The molecule has 2 aliphatic heterocycles. The predicted octanol–water partition coefficient (Wildman–Crippen LogP) is 7.97. The number of ether oxygens (including phenoxy) is 1. The van der Waals surface area contributed by atoms with Gasteiger partial charge in [-0.25, -0.2) is 0 Å². The number of fused-ring (bicyclic) bond motifs is 1. The van der Waals surface area contributed by atoms with Crippen LogP contribution in [-0.4, -0.2) is 29.5 Å². The quantitative estimate of drug-likeness (QED) is 0.325. The number of para-hydroxylation sites is 1. The molecule has 5 unspecified atom stereocenters. The van der Waals surface area contributed by atoms with Crippen molar-refractivity contribution in [2.24, 2.45) is 39.2 Å². The smallest absolute Gasteiger partial charge is 0.232 e. The molecule has 238 valence electrons. The highest BCUT2D eigenvalue weighted by Gasteiger charge is 2.57. The first kappa shape index (κ1) is 33.3. The molecule has 0 radical (unpaired) electrons. The molecule has 0 bridgehead atoms. The first-order chi connectivity index (χ1) is 19.7. The fraction of sp³-hybridized carbons (Fsp3) is 0.649. The molecule has 2 aliphatic rings. The van der Waals surface area contributed by atoms with Crippen LogP contribution in [0.25, 0.3) is 0 Å². The summed E-state index contributed by atoms with van der Waals surface area (Å²) in [6.45, 7) is 25.9. The summed E-state index contributed by atoms with van der Waals surface area (Å²) in [5.41, 5.74) is 8.92. The Morgan fingerprint density at radius 3 is 2.16 bits per heavy atom. The van der Waals surface area contributed by atoms with Crippen LogP contribution in [0.3, 0.4) is 0 Å². The Hall–Kier alpha value is -2.57. The Morgan fingerprint density at radius 1 is 0.953 bits per heavy atom. The van der Waals surface area contributed by atoms with Crippen LogP contribution >= 0.6 is 0 Å². The van der Waals surface area contributed by atoms with Gasteiger partial charge in [-0.2, -0.15) is 0 Å². The minimum atomic E-state index is -0.899. The van der Waals surface area contributed by atoms with Crippen molar-refractivity contribution >= 4 is 17.3 Å². The first-order valence-electron chi connectivity index (χ1n) is 16.0. The maximum Gasteiger partial charge on any atom is 0.232 e. The molecule has 0 saturated carbocycles. The standard InChI is InChI=1S/C37H57N3O3/c1-25(21-33(2,3)4)35(8,9)37(11,38)23-36(10,34(5,6)7)29-20-31(41)40(32(29)42)28-17-18-30-26(19-28)22-39(24-43-30)27-15-13-12-14-16-27/h12-19,25,29,31,41H,20-24,38H2,1-11H3. The van der Waals surface area contributed by atoms with Crippen LogP contribution in [0.1, 0.15) is 101 Å². The molecule has 2 aromatic rings.